The van der Waals surface area contributed by atoms with Crippen LogP contribution in [0.1, 0.15) is 15.9 Å². The molecular formula is C21H15N3O4. The van der Waals surface area contributed by atoms with Crippen molar-refractivity contribution in [3.8, 4) is 11.5 Å². The largest absolute Gasteiger partial charge is 0.436 e. The molecule has 0 atom stereocenters. The number of oxazole rings is 1. The Hall–Kier alpha value is -4.00. The average Bonchev–Trinajstić information content (AvgIpc) is 3.13. The first-order valence-corrected chi connectivity index (χ1v) is 8.54. The van der Waals surface area contributed by atoms with Gasteiger partial charge in [0.2, 0.25) is 5.89 Å². The Labute approximate surface area is 159 Å². The van der Waals surface area contributed by atoms with E-state index in [0.717, 1.165) is 11.1 Å². The SMILES string of the molecule is Cc1ccc(-c2nc3ccccc3o2)cc1NC(=O)c1ccccc1[N+](=O)[O-]. The van der Waals surface area contributed by atoms with Crippen LogP contribution in [0.2, 0.25) is 0 Å². The molecule has 138 valence electrons. The second kappa shape index (κ2) is 6.96. The molecule has 3 aromatic carbocycles. The molecule has 0 fully saturated rings. The van der Waals surface area contributed by atoms with Crippen LogP contribution in [0.25, 0.3) is 22.6 Å². The van der Waals surface area contributed by atoms with Gasteiger partial charge in [0.25, 0.3) is 11.6 Å². The van der Waals surface area contributed by atoms with E-state index in [-0.39, 0.29) is 11.3 Å². The van der Waals surface area contributed by atoms with Crippen LogP contribution in [0.3, 0.4) is 0 Å². The maximum atomic E-state index is 12.6. The molecule has 0 radical (unpaired) electrons. The van der Waals surface area contributed by atoms with Gasteiger partial charge in [-0.1, -0.05) is 30.3 Å². The molecule has 4 aromatic rings. The van der Waals surface area contributed by atoms with E-state index >= 15 is 0 Å². The van der Waals surface area contributed by atoms with Gasteiger partial charge in [0, 0.05) is 17.3 Å². The van der Waals surface area contributed by atoms with Crippen molar-refractivity contribution in [1.29, 1.82) is 0 Å². The molecule has 0 bridgehead atoms. The number of fused-ring (bicyclic) bond motifs is 1. The average molecular weight is 373 g/mol. The summed E-state index contributed by atoms with van der Waals surface area (Å²) in [6.45, 7) is 1.84. The Kier molecular flexibility index (Phi) is 4.33. The smallest absolute Gasteiger partial charge is 0.282 e. The van der Waals surface area contributed by atoms with Gasteiger partial charge in [-0.05, 0) is 42.8 Å². The molecule has 1 heterocycles. The number of hydrogen-bond donors (Lipinski definition) is 1. The van der Waals surface area contributed by atoms with E-state index in [1.54, 1.807) is 12.1 Å². The molecule has 7 nitrogen and oxygen atoms in total. The summed E-state index contributed by atoms with van der Waals surface area (Å²) in [4.78, 5) is 27.7. The summed E-state index contributed by atoms with van der Waals surface area (Å²) in [6.07, 6.45) is 0. The van der Waals surface area contributed by atoms with Crippen LogP contribution in [0.4, 0.5) is 11.4 Å². The number of hydrogen-bond acceptors (Lipinski definition) is 5. The van der Waals surface area contributed by atoms with E-state index in [4.69, 9.17) is 4.42 Å². The zero-order valence-electron chi connectivity index (χ0n) is 14.9. The van der Waals surface area contributed by atoms with Crippen LogP contribution in [-0.4, -0.2) is 15.8 Å². The lowest BCUT2D eigenvalue weighted by Crippen LogP contribution is -2.14. The summed E-state index contributed by atoms with van der Waals surface area (Å²) in [5.74, 6) is -0.118. The van der Waals surface area contributed by atoms with E-state index in [9.17, 15) is 14.9 Å². The van der Waals surface area contributed by atoms with Gasteiger partial charge >= 0.3 is 0 Å². The van der Waals surface area contributed by atoms with E-state index in [0.29, 0.717) is 22.7 Å². The Morgan fingerprint density at radius 1 is 1.07 bits per heavy atom. The highest BCUT2D eigenvalue weighted by molar-refractivity contribution is 6.07. The van der Waals surface area contributed by atoms with E-state index in [2.05, 4.69) is 10.3 Å². The minimum atomic E-state index is -0.573. The lowest BCUT2D eigenvalue weighted by atomic mass is 10.1. The van der Waals surface area contributed by atoms with Crippen LogP contribution in [0.5, 0.6) is 0 Å². The number of rotatable bonds is 4. The highest BCUT2D eigenvalue weighted by atomic mass is 16.6. The van der Waals surface area contributed by atoms with Crippen molar-refractivity contribution in [3.05, 3.63) is 88.0 Å². The fourth-order valence-electron chi connectivity index (χ4n) is 2.90. The van der Waals surface area contributed by atoms with Gasteiger partial charge in [-0.2, -0.15) is 0 Å². The third-order valence-electron chi connectivity index (χ3n) is 4.37. The Morgan fingerprint density at radius 2 is 1.82 bits per heavy atom. The molecule has 1 aromatic heterocycles. The molecular weight excluding hydrogens is 358 g/mol. The number of carbonyl (C=O) groups is 1. The molecule has 28 heavy (non-hydrogen) atoms. The van der Waals surface area contributed by atoms with Gasteiger partial charge in [-0.15, -0.1) is 0 Å². The maximum Gasteiger partial charge on any atom is 0.282 e. The zero-order valence-corrected chi connectivity index (χ0v) is 14.9. The number of carbonyl (C=O) groups excluding carboxylic acids is 1. The molecule has 0 aliphatic carbocycles. The number of para-hydroxylation sites is 3. The summed E-state index contributed by atoms with van der Waals surface area (Å²) < 4.78 is 5.78. The lowest BCUT2D eigenvalue weighted by Gasteiger charge is -2.10. The van der Waals surface area contributed by atoms with Crippen molar-refractivity contribution >= 4 is 28.4 Å². The van der Waals surface area contributed by atoms with Crippen LogP contribution >= 0.6 is 0 Å². The Bertz CT molecular complexity index is 1180. The van der Waals surface area contributed by atoms with Gasteiger partial charge < -0.3 is 9.73 Å². The van der Waals surface area contributed by atoms with Gasteiger partial charge in [0.15, 0.2) is 5.58 Å². The van der Waals surface area contributed by atoms with Crippen molar-refractivity contribution in [2.75, 3.05) is 5.32 Å². The molecule has 0 aliphatic rings. The number of aryl methyl sites for hydroxylation is 1. The maximum absolute atomic E-state index is 12.6. The summed E-state index contributed by atoms with van der Waals surface area (Å²) >= 11 is 0. The standard InChI is InChI=1S/C21H15N3O4/c1-13-10-11-14(21-23-16-7-3-5-9-19(16)28-21)12-17(13)22-20(25)15-6-2-4-8-18(15)24(26)27/h2-12H,1H3,(H,22,25). The number of nitrogens with one attached hydrogen (secondary N) is 1. The molecule has 0 saturated heterocycles. The van der Waals surface area contributed by atoms with Crippen LogP contribution < -0.4 is 5.32 Å². The van der Waals surface area contributed by atoms with Crippen molar-refractivity contribution < 1.29 is 14.1 Å². The molecule has 0 saturated carbocycles. The van der Waals surface area contributed by atoms with Gasteiger partial charge in [0.05, 0.1) is 4.92 Å². The van der Waals surface area contributed by atoms with Crippen molar-refractivity contribution in [3.63, 3.8) is 0 Å². The van der Waals surface area contributed by atoms with Crippen LogP contribution in [-0.2, 0) is 0 Å². The Balaban J connectivity index is 1.68. The first-order valence-electron chi connectivity index (χ1n) is 8.54. The van der Waals surface area contributed by atoms with Crippen LogP contribution in [0.15, 0.2) is 71.1 Å². The first-order chi connectivity index (χ1) is 13.5. The number of nitrogens with zero attached hydrogens (tertiary/aromatic N) is 2. The fourth-order valence-corrected chi connectivity index (χ4v) is 2.90. The number of aromatic nitrogens is 1. The second-order valence-electron chi connectivity index (χ2n) is 6.24. The fraction of sp³-hybridized carbons (Fsp3) is 0.0476. The normalized spacial score (nSPS) is 10.8. The first kappa shape index (κ1) is 17.4. The van der Waals surface area contributed by atoms with Crippen molar-refractivity contribution in [1.82, 2.24) is 4.98 Å². The number of benzene rings is 3. The summed E-state index contributed by atoms with van der Waals surface area (Å²) in [7, 11) is 0. The molecule has 0 spiro atoms. The monoisotopic (exact) mass is 373 g/mol. The van der Waals surface area contributed by atoms with Gasteiger partial charge in [-0.3, -0.25) is 14.9 Å². The summed E-state index contributed by atoms with van der Waals surface area (Å²) in [5, 5.41) is 13.9. The quantitative estimate of drug-likeness (QED) is 0.402. The number of anilines is 1. The molecule has 7 heteroatoms. The molecule has 1 amide bonds. The predicted octanol–water partition coefficient (Wildman–Crippen LogP) is 4.96. The van der Waals surface area contributed by atoms with E-state index in [1.807, 2.05) is 43.3 Å². The van der Waals surface area contributed by atoms with Gasteiger partial charge in [-0.25, -0.2) is 4.98 Å². The van der Waals surface area contributed by atoms with E-state index < -0.39 is 10.8 Å². The minimum Gasteiger partial charge on any atom is -0.436 e. The number of nitro benzene ring substituents is 1. The molecule has 4 rings (SSSR count). The highest BCUT2D eigenvalue weighted by Gasteiger charge is 2.20. The third-order valence-corrected chi connectivity index (χ3v) is 4.37. The third kappa shape index (κ3) is 3.21. The lowest BCUT2D eigenvalue weighted by molar-refractivity contribution is -0.385. The minimum absolute atomic E-state index is 0.000773. The summed E-state index contributed by atoms with van der Waals surface area (Å²) in [5.41, 5.74) is 3.20. The second-order valence-corrected chi connectivity index (χ2v) is 6.24. The van der Waals surface area contributed by atoms with Crippen LogP contribution in [0, 0.1) is 17.0 Å². The number of nitro groups is 1. The topological polar surface area (TPSA) is 98.3 Å². The van der Waals surface area contributed by atoms with Crippen molar-refractivity contribution in [2.45, 2.75) is 6.92 Å². The Morgan fingerprint density at radius 3 is 2.61 bits per heavy atom. The van der Waals surface area contributed by atoms with E-state index in [1.165, 1.54) is 18.2 Å². The predicted molar refractivity (Wildman–Crippen MR) is 105 cm³/mol. The number of amides is 1. The highest BCUT2D eigenvalue weighted by Crippen LogP contribution is 2.28. The molecule has 1 N–H and O–H groups in total. The zero-order chi connectivity index (χ0) is 19.7. The molecule has 0 unspecified atom stereocenters. The van der Waals surface area contributed by atoms with Gasteiger partial charge in [0.1, 0.15) is 11.1 Å². The molecule has 0 aliphatic heterocycles. The van der Waals surface area contributed by atoms with Crippen molar-refractivity contribution in [2.24, 2.45) is 0 Å². The summed E-state index contributed by atoms with van der Waals surface area (Å²) in [6, 6.07) is 18.7.